The summed E-state index contributed by atoms with van der Waals surface area (Å²) in [5, 5.41) is 0. The number of hydrogen-bond donors (Lipinski definition) is 1. The summed E-state index contributed by atoms with van der Waals surface area (Å²) in [5.41, 5.74) is 15.9. The molecule has 0 spiro atoms. The van der Waals surface area contributed by atoms with Gasteiger partial charge in [-0.1, -0.05) is 90.5 Å². The molecule has 0 saturated heterocycles. The van der Waals surface area contributed by atoms with Crippen molar-refractivity contribution >= 4 is 5.69 Å². The second-order valence-electron chi connectivity index (χ2n) is 7.89. The van der Waals surface area contributed by atoms with Crippen molar-refractivity contribution in [3.05, 3.63) is 136 Å². The van der Waals surface area contributed by atoms with E-state index in [2.05, 4.69) is 91.9 Å². The monoisotopic (exact) mass is 377 g/mol. The number of hydrogen-bond acceptors (Lipinski definition) is 1. The van der Waals surface area contributed by atoms with Gasteiger partial charge in [-0.15, -0.1) is 0 Å². The molecule has 1 nitrogen and oxygen atoms in total. The molecule has 0 unspecified atom stereocenters. The maximum atomic E-state index is 5.77. The number of nitrogens with two attached hydrogens (primary N) is 1. The maximum Gasteiger partial charge on any atom is 0.0314 e. The van der Waals surface area contributed by atoms with Crippen LogP contribution < -0.4 is 5.73 Å². The highest BCUT2D eigenvalue weighted by Gasteiger charge is 2.01. The van der Waals surface area contributed by atoms with Crippen LogP contribution in [-0.2, 0) is 19.3 Å². The first kappa shape index (κ1) is 19.0. The van der Waals surface area contributed by atoms with Gasteiger partial charge in [0, 0.05) is 5.69 Å². The summed E-state index contributed by atoms with van der Waals surface area (Å²) in [7, 11) is 0. The van der Waals surface area contributed by atoms with E-state index in [4.69, 9.17) is 5.73 Å². The van der Waals surface area contributed by atoms with Crippen molar-refractivity contribution in [1.29, 1.82) is 0 Å². The molecule has 0 aliphatic carbocycles. The van der Waals surface area contributed by atoms with Gasteiger partial charge in [-0.3, -0.25) is 0 Å². The summed E-state index contributed by atoms with van der Waals surface area (Å²) in [4.78, 5) is 0. The Labute approximate surface area is 173 Å². The minimum absolute atomic E-state index is 0.814. The summed E-state index contributed by atoms with van der Waals surface area (Å²) in [6.45, 7) is 2.13. The summed E-state index contributed by atoms with van der Waals surface area (Å²) in [5.74, 6) is 0. The predicted molar refractivity (Wildman–Crippen MR) is 123 cm³/mol. The van der Waals surface area contributed by atoms with Gasteiger partial charge in [0.1, 0.15) is 0 Å². The summed E-state index contributed by atoms with van der Waals surface area (Å²) < 4.78 is 0. The Morgan fingerprint density at radius 3 is 0.966 bits per heavy atom. The van der Waals surface area contributed by atoms with Crippen molar-refractivity contribution in [1.82, 2.24) is 0 Å². The fourth-order valence-electron chi connectivity index (χ4n) is 3.60. The molecule has 4 rings (SSSR count). The van der Waals surface area contributed by atoms with Gasteiger partial charge in [0.05, 0.1) is 0 Å². The van der Waals surface area contributed by atoms with E-state index in [0.717, 1.165) is 24.9 Å². The van der Waals surface area contributed by atoms with Crippen LogP contribution in [0.25, 0.3) is 0 Å². The Balaban J connectivity index is 1.36. The summed E-state index contributed by atoms with van der Waals surface area (Å²) in [6.07, 6.45) is 2.89. The van der Waals surface area contributed by atoms with E-state index in [9.17, 15) is 0 Å². The van der Waals surface area contributed by atoms with Crippen LogP contribution in [0.1, 0.15) is 38.9 Å². The lowest BCUT2D eigenvalue weighted by atomic mass is 9.98. The van der Waals surface area contributed by atoms with Crippen molar-refractivity contribution in [3.63, 3.8) is 0 Å². The standard InChI is InChI=1S/C28H27N/c1-21-2-4-22(5-3-21)18-23-6-8-24(9-7-23)19-25-10-12-26(13-11-25)20-27-14-16-28(29)17-15-27/h2-17H,18-20,29H2,1H3. The van der Waals surface area contributed by atoms with E-state index < -0.39 is 0 Å². The maximum absolute atomic E-state index is 5.77. The molecule has 0 atom stereocenters. The Bertz CT molecular complexity index is 952. The normalized spacial score (nSPS) is 10.8. The van der Waals surface area contributed by atoms with Gasteiger partial charge in [0.15, 0.2) is 0 Å². The molecule has 1 heteroatoms. The molecule has 0 heterocycles. The fraction of sp³-hybridized carbons (Fsp3) is 0.143. The molecule has 0 aliphatic heterocycles. The van der Waals surface area contributed by atoms with E-state index in [1.807, 2.05) is 12.1 Å². The highest BCUT2D eigenvalue weighted by Crippen LogP contribution is 2.17. The Kier molecular flexibility index (Phi) is 5.76. The Morgan fingerprint density at radius 1 is 0.414 bits per heavy atom. The number of rotatable bonds is 6. The van der Waals surface area contributed by atoms with Crippen molar-refractivity contribution in [2.45, 2.75) is 26.2 Å². The van der Waals surface area contributed by atoms with Crippen LogP contribution in [-0.4, -0.2) is 0 Å². The van der Waals surface area contributed by atoms with Crippen molar-refractivity contribution in [2.24, 2.45) is 0 Å². The smallest absolute Gasteiger partial charge is 0.0314 e. The first-order chi connectivity index (χ1) is 14.1. The van der Waals surface area contributed by atoms with E-state index >= 15 is 0 Å². The molecule has 144 valence electrons. The SMILES string of the molecule is Cc1ccc(Cc2ccc(Cc3ccc(Cc4ccc(N)cc4)cc3)cc2)cc1. The van der Waals surface area contributed by atoms with Gasteiger partial charge in [-0.2, -0.15) is 0 Å². The van der Waals surface area contributed by atoms with Crippen LogP contribution in [0.2, 0.25) is 0 Å². The summed E-state index contributed by atoms with van der Waals surface area (Å²) in [6, 6.07) is 34.9. The zero-order valence-electron chi connectivity index (χ0n) is 16.9. The van der Waals surface area contributed by atoms with E-state index in [-0.39, 0.29) is 0 Å². The molecule has 4 aromatic rings. The van der Waals surface area contributed by atoms with E-state index in [1.165, 1.54) is 38.9 Å². The molecule has 0 fully saturated rings. The lowest BCUT2D eigenvalue weighted by molar-refractivity contribution is 1.13. The third-order valence-corrected chi connectivity index (χ3v) is 5.37. The molecule has 29 heavy (non-hydrogen) atoms. The van der Waals surface area contributed by atoms with Gasteiger partial charge in [0.25, 0.3) is 0 Å². The van der Waals surface area contributed by atoms with Gasteiger partial charge in [-0.25, -0.2) is 0 Å². The molecular weight excluding hydrogens is 350 g/mol. The van der Waals surface area contributed by atoms with Crippen LogP contribution >= 0.6 is 0 Å². The first-order valence-corrected chi connectivity index (χ1v) is 10.2. The number of anilines is 1. The van der Waals surface area contributed by atoms with Gasteiger partial charge < -0.3 is 5.73 Å². The van der Waals surface area contributed by atoms with Crippen LogP contribution in [0.15, 0.2) is 97.1 Å². The molecule has 0 bridgehead atoms. The second kappa shape index (κ2) is 8.79. The van der Waals surface area contributed by atoms with Crippen molar-refractivity contribution in [3.8, 4) is 0 Å². The van der Waals surface area contributed by atoms with Crippen LogP contribution in [0, 0.1) is 6.92 Å². The number of nitrogen functional groups attached to an aromatic ring is 1. The molecule has 2 N–H and O–H groups in total. The van der Waals surface area contributed by atoms with E-state index in [1.54, 1.807) is 0 Å². The van der Waals surface area contributed by atoms with Crippen molar-refractivity contribution < 1.29 is 0 Å². The lowest BCUT2D eigenvalue weighted by Gasteiger charge is -2.07. The van der Waals surface area contributed by atoms with Crippen LogP contribution in [0.3, 0.4) is 0 Å². The molecule has 0 aliphatic rings. The average Bonchev–Trinajstić information content (AvgIpc) is 2.74. The topological polar surface area (TPSA) is 26.0 Å². The van der Waals surface area contributed by atoms with Crippen LogP contribution in [0.4, 0.5) is 5.69 Å². The highest BCUT2D eigenvalue weighted by atomic mass is 14.5. The number of benzene rings is 4. The molecular formula is C28H27N. The third kappa shape index (κ3) is 5.36. The number of aryl methyl sites for hydroxylation is 1. The average molecular weight is 378 g/mol. The largest absolute Gasteiger partial charge is 0.399 e. The second-order valence-corrected chi connectivity index (χ2v) is 7.89. The van der Waals surface area contributed by atoms with Gasteiger partial charge in [-0.05, 0) is 71.7 Å². The quantitative estimate of drug-likeness (QED) is 0.389. The Morgan fingerprint density at radius 2 is 0.655 bits per heavy atom. The molecule has 0 amide bonds. The lowest BCUT2D eigenvalue weighted by Crippen LogP contribution is -1.93. The minimum atomic E-state index is 0.814. The van der Waals surface area contributed by atoms with Crippen molar-refractivity contribution in [2.75, 3.05) is 5.73 Å². The zero-order chi connectivity index (χ0) is 20.1. The zero-order valence-corrected chi connectivity index (χ0v) is 16.9. The predicted octanol–water partition coefficient (Wildman–Crippen LogP) is 6.35. The first-order valence-electron chi connectivity index (χ1n) is 10.2. The Hall–Kier alpha value is -3.32. The molecule has 0 aromatic heterocycles. The third-order valence-electron chi connectivity index (χ3n) is 5.37. The molecule has 0 saturated carbocycles. The van der Waals surface area contributed by atoms with Crippen LogP contribution in [0.5, 0.6) is 0 Å². The molecule has 4 aromatic carbocycles. The minimum Gasteiger partial charge on any atom is -0.399 e. The molecule has 0 radical (unpaired) electrons. The summed E-state index contributed by atoms with van der Waals surface area (Å²) >= 11 is 0. The fourth-order valence-corrected chi connectivity index (χ4v) is 3.60. The highest BCUT2D eigenvalue weighted by molar-refractivity contribution is 5.41. The van der Waals surface area contributed by atoms with Gasteiger partial charge in [0.2, 0.25) is 0 Å². The van der Waals surface area contributed by atoms with E-state index in [0.29, 0.717) is 0 Å². The van der Waals surface area contributed by atoms with Gasteiger partial charge >= 0.3 is 0 Å².